The minimum atomic E-state index is 0.0808. The van der Waals surface area contributed by atoms with Crippen molar-refractivity contribution in [2.24, 2.45) is 5.92 Å². The van der Waals surface area contributed by atoms with E-state index in [0.717, 1.165) is 36.3 Å². The van der Waals surface area contributed by atoms with E-state index in [9.17, 15) is 0 Å². The zero-order valence-electron chi connectivity index (χ0n) is 12.5. The number of rotatable bonds is 3. The number of benzene rings is 1. The van der Waals surface area contributed by atoms with Crippen LogP contribution in [0.3, 0.4) is 0 Å². The fourth-order valence-electron chi connectivity index (χ4n) is 2.74. The van der Waals surface area contributed by atoms with Gasteiger partial charge in [0.2, 0.25) is 0 Å². The van der Waals surface area contributed by atoms with E-state index in [1.807, 2.05) is 18.2 Å². The number of nitrogens with one attached hydrogen (secondary N) is 1. The average molecular weight is 273 g/mol. The highest BCUT2D eigenvalue weighted by molar-refractivity contribution is 5.77. The van der Waals surface area contributed by atoms with Gasteiger partial charge in [-0.2, -0.15) is 0 Å². The van der Waals surface area contributed by atoms with Crippen molar-refractivity contribution in [2.75, 3.05) is 13.2 Å². The van der Waals surface area contributed by atoms with Crippen LogP contribution < -0.4 is 5.32 Å². The molecule has 0 aliphatic carbocycles. The van der Waals surface area contributed by atoms with E-state index in [1.54, 1.807) is 0 Å². The summed E-state index contributed by atoms with van der Waals surface area (Å²) in [6, 6.07) is 10.3. The number of hydrogen-bond acceptors (Lipinski definition) is 3. The van der Waals surface area contributed by atoms with Crippen molar-refractivity contribution < 1.29 is 9.15 Å². The third-order valence-electron chi connectivity index (χ3n) is 3.83. The number of fused-ring (bicyclic) bond motifs is 1. The van der Waals surface area contributed by atoms with Crippen LogP contribution in [0.25, 0.3) is 11.0 Å². The van der Waals surface area contributed by atoms with Gasteiger partial charge in [0, 0.05) is 30.0 Å². The molecule has 20 heavy (non-hydrogen) atoms. The normalized spacial score (nSPS) is 23.6. The second kappa shape index (κ2) is 5.23. The molecule has 0 amide bonds. The quantitative estimate of drug-likeness (QED) is 0.921. The molecule has 0 spiro atoms. The fourth-order valence-corrected chi connectivity index (χ4v) is 2.74. The fraction of sp³-hybridized carbons (Fsp3) is 0.529. The minimum absolute atomic E-state index is 0.0808. The Morgan fingerprint density at radius 2 is 2.05 bits per heavy atom. The molecule has 108 valence electrons. The first-order chi connectivity index (χ1) is 9.53. The van der Waals surface area contributed by atoms with Gasteiger partial charge in [0.05, 0.1) is 0 Å². The maximum atomic E-state index is 5.96. The Balaban J connectivity index is 1.77. The van der Waals surface area contributed by atoms with E-state index in [1.165, 1.54) is 0 Å². The standard InChI is InChI=1S/C17H23NO2/c1-17(2,3)18-11-13-8-9-19-16(13)15-10-12-6-4-5-7-14(12)20-15/h4-7,10,13,16,18H,8-9,11H2,1-3H3. The van der Waals surface area contributed by atoms with E-state index in [2.05, 4.69) is 38.2 Å². The topological polar surface area (TPSA) is 34.4 Å². The van der Waals surface area contributed by atoms with Crippen molar-refractivity contribution >= 4 is 11.0 Å². The van der Waals surface area contributed by atoms with Gasteiger partial charge in [-0.3, -0.25) is 0 Å². The molecule has 0 bridgehead atoms. The molecular weight excluding hydrogens is 250 g/mol. The van der Waals surface area contributed by atoms with Crippen molar-refractivity contribution in [1.29, 1.82) is 0 Å². The SMILES string of the molecule is CC(C)(C)NCC1CCOC1c1cc2ccccc2o1. The summed E-state index contributed by atoms with van der Waals surface area (Å²) in [6.45, 7) is 8.36. The highest BCUT2D eigenvalue weighted by Gasteiger charge is 2.32. The van der Waals surface area contributed by atoms with Crippen molar-refractivity contribution in [3.05, 3.63) is 36.1 Å². The Morgan fingerprint density at radius 3 is 2.80 bits per heavy atom. The second-order valence-corrected chi connectivity index (χ2v) is 6.66. The van der Waals surface area contributed by atoms with Crippen molar-refractivity contribution in [3.8, 4) is 0 Å². The third-order valence-corrected chi connectivity index (χ3v) is 3.83. The van der Waals surface area contributed by atoms with Crippen LogP contribution >= 0.6 is 0 Å². The molecule has 1 aromatic heterocycles. The van der Waals surface area contributed by atoms with Crippen molar-refractivity contribution in [2.45, 2.75) is 38.8 Å². The van der Waals surface area contributed by atoms with Gasteiger partial charge >= 0.3 is 0 Å². The summed E-state index contributed by atoms with van der Waals surface area (Å²) >= 11 is 0. The molecule has 2 aromatic rings. The summed E-state index contributed by atoms with van der Waals surface area (Å²) in [4.78, 5) is 0. The highest BCUT2D eigenvalue weighted by Crippen LogP contribution is 2.37. The van der Waals surface area contributed by atoms with Crippen LogP contribution in [-0.2, 0) is 4.74 Å². The molecule has 1 saturated heterocycles. The van der Waals surface area contributed by atoms with Gasteiger partial charge in [-0.05, 0) is 39.3 Å². The third kappa shape index (κ3) is 2.89. The molecule has 1 aliphatic heterocycles. The first-order valence-electron chi connectivity index (χ1n) is 7.38. The Labute approximate surface area is 120 Å². The summed E-state index contributed by atoms with van der Waals surface area (Å²) in [6.07, 6.45) is 1.17. The molecule has 3 rings (SSSR count). The van der Waals surface area contributed by atoms with Gasteiger partial charge in [0.15, 0.2) is 0 Å². The zero-order chi connectivity index (χ0) is 14.2. The number of para-hydroxylation sites is 1. The van der Waals surface area contributed by atoms with Gasteiger partial charge in [0.25, 0.3) is 0 Å². The first kappa shape index (κ1) is 13.7. The lowest BCUT2D eigenvalue weighted by atomic mass is 9.97. The smallest absolute Gasteiger partial charge is 0.134 e. The Bertz CT molecular complexity index is 549. The summed E-state index contributed by atoms with van der Waals surface area (Å²) < 4.78 is 11.9. The largest absolute Gasteiger partial charge is 0.458 e. The predicted molar refractivity (Wildman–Crippen MR) is 80.8 cm³/mol. The molecule has 2 heterocycles. The lowest BCUT2D eigenvalue weighted by Gasteiger charge is -2.25. The lowest BCUT2D eigenvalue weighted by Crippen LogP contribution is -2.39. The monoisotopic (exact) mass is 273 g/mol. The van der Waals surface area contributed by atoms with Crippen LogP contribution in [0.5, 0.6) is 0 Å². The summed E-state index contributed by atoms with van der Waals surface area (Å²) in [5, 5.41) is 4.73. The molecule has 2 unspecified atom stereocenters. The van der Waals surface area contributed by atoms with Crippen LogP contribution in [0.15, 0.2) is 34.7 Å². The molecule has 1 aromatic carbocycles. The summed E-state index contributed by atoms with van der Waals surface area (Å²) in [5.41, 5.74) is 1.08. The molecule has 1 N–H and O–H groups in total. The number of furan rings is 1. The molecule has 0 saturated carbocycles. The Hall–Kier alpha value is -1.32. The van der Waals surface area contributed by atoms with Gasteiger partial charge < -0.3 is 14.5 Å². The van der Waals surface area contributed by atoms with Crippen LogP contribution in [-0.4, -0.2) is 18.7 Å². The van der Waals surface area contributed by atoms with E-state index in [0.29, 0.717) is 5.92 Å². The highest BCUT2D eigenvalue weighted by atomic mass is 16.5. The van der Waals surface area contributed by atoms with E-state index < -0.39 is 0 Å². The van der Waals surface area contributed by atoms with Gasteiger partial charge in [-0.15, -0.1) is 0 Å². The molecule has 1 fully saturated rings. The van der Waals surface area contributed by atoms with Crippen molar-refractivity contribution in [1.82, 2.24) is 5.32 Å². The molecule has 3 heteroatoms. The average Bonchev–Trinajstić information content (AvgIpc) is 3.01. The number of hydrogen-bond donors (Lipinski definition) is 1. The second-order valence-electron chi connectivity index (χ2n) is 6.66. The van der Waals surface area contributed by atoms with Crippen molar-refractivity contribution in [3.63, 3.8) is 0 Å². The van der Waals surface area contributed by atoms with E-state index in [-0.39, 0.29) is 11.6 Å². The minimum Gasteiger partial charge on any atom is -0.458 e. The van der Waals surface area contributed by atoms with Crippen LogP contribution in [0.1, 0.15) is 39.1 Å². The maximum absolute atomic E-state index is 5.96. The predicted octanol–water partition coefficient (Wildman–Crippen LogP) is 3.90. The molecule has 3 nitrogen and oxygen atoms in total. The Kier molecular flexibility index (Phi) is 3.57. The maximum Gasteiger partial charge on any atom is 0.134 e. The summed E-state index contributed by atoms with van der Waals surface area (Å²) in [5.74, 6) is 1.44. The van der Waals surface area contributed by atoms with Gasteiger partial charge in [-0.25, -0.2) is 0 Å². The molecular formula is C17H23NO2. The van der Waals surface area contributed by atoms with Crippen LogP contribution in [0.4, 0.5) is 0 Å². The van der Waals surface area contributed by atoms with Gasteiger partial charge in [0.1, 0.15) is 17.4 Å². The van der Waals surface area contributed by atoms with Gasteiger partial charge in [-0.1, -0.05) is 18.2 Å². The Morgan fingerprint density at radius 1 is 1.25 bits per heavy atom. The molecule has 1 aliphatic rings. The molecule has 2 atom stereocenters. The van der Waals surface area contributed by atoms with E-state index in [4.69, 9.17) is 9.15 Å². The van der Waals surface area contributed by atoms with Crippen LogP contribution in [0, 0.1) is 5.92 Å². The van der Waals surface area contributed by atoms with E-state index >= 15 is 0 Å². The van der Waals surface area contributed by atoms with Crippen LogP contribution in [0.2, 0.25) is 0 Å². The summed E-state index contributed by atoms with van der Waals surface area (Å²) in [7, 11) is 0. The molecule has 0 radical (unpaired) electrons. The lowest BCUT2D eigenvalue weighted by molar-refractivity contribution is 0.0721. The first-order valence-corrected chi connectivity index (χ1v) is 7.38. The number of ether oxygens (including phenoxy) is 1. The zero-order valence-corrected chi connectivity index (χ0v) is 12.5.